The highest BCUT2D eigenvalue weighted by molar-refractivity contribution is 6.01. The van der Waals surface area contributed by atoms with Crippen LogP contribution < -0.4 is 15.8 Å². The Labute approximate surface area is 177 Å². The number of ether oxygens (including phenoxy) is 1. The van der Waals surface area contributed by atoms with Gasteiger partial charge in [-0.05, 0) is 74.3 Å². The van der Waals surface area contributed by atoms with Gasteiger partial charge in [-0.15, -0.1) is 0 Å². The minimum atomic E-state index is -0.197. The maximum atomic E-state index is 12.3. The molecular weight excluding hydrogens is 378 g/mol. The normalized spacial score (nSPS) is 15.2. The summed E-state index contributed by atoms with van der Waals surface area (Å²) in [5, 5.41) is 2.91. The second-order valence-electron chi connectivity index (χ2n) is 7.48. The average molecular weight is 408 g/mol. The zero-order valence-corrected chi connectivity index (χ0v) is 17.3. The Morgan fingerprint density at radius 2 is 1.90 bits per heavy atom. The maximum Gasteiger partial charge on any atom is 0.248 e. The summed E-state index contributed by atoms with van der Waals surface area (Å²) >= 11 is 0. The Bertz CT molecular complexity index is 885. The van der Waals surface area contributed by atoms with Crippen LogP contribution in [0.4, 0.5) is 5.69 Å². The third kappa shape index (κ3) is 6.46. The predicted octanol–water partition coefficient (Wildman–Crippen LogP) is 3.43. The van der Waals surface area contributed by atoms with Crippen LogP contribution in [0.2, 0.25) is 0 Å². The molecule has 1 aliphatic heterocycles. The van der Waals surface area contributed by atoms with E-state index in [4.69, 9.17) is 10.5 Å². The summed E-state index contributed by atoms with van der Waals surface area (Å²) < 4.78 is 5.42. The van der Waals surface area contributed by atoms with Crippen LogP contribution in [0, 0.1) is 5.92 Å². The molecule has 0 spiro atoms. The molecule has 0 aromatic heterocycles. The van der Waals surface area contributed by atoms with Crippen LogP contribution in [-0.4, -0.2) is 36.4 Å². The molecule has 0 radical (unpaired) electrons. The van der Waals surface area contributed by atoms with Gasteiger partial charge in [-0.3, -0.25) is 14.5 Å². The molecule has 0 saturated carbocycles. The van der Waals surface area contributed by atoms with Crippen molar-refractivity contribution in [1.29, 1.82) is 0 Å². The Morgan fingerprint density at radius 3 is 2.57 bits per heavy atom. The lowest BCUT2D eigenvalue weighted by Gasteiger charge is -2.30. The lowest BCUT2D eigenvalue weighted by atomic mass is 9.96. The molecule has 6 nitrogen and oxygen atoms in total. The van der Waals surface area contributed by atoms with Crippen molar-refractivity contribution >= 4 is 23.6 Å². The molecule has 2 aromatic carbocycles. The van der Waals surface area contributed by atoms with Crippen LogP contribution in [-0.2, 0) is 16.1 Å². The summed E-state index contributed by atoms with van der Waals surface area (Å²) in [6, 6.07) is 15.5. The molecule has 1 heterocycles. The maximum absolute atomic E-state index is 12.3. The summed E-state index contributed by atoms with van der Waals surface area (Å²) in [7, 11) is 0. The molecule has 3 N–H and O–H groups in total. The first-order valence-electron chi connectivity index (χ1n) is 10.4. The van der Waals surface area contributed by atoms with Crippen LogP contribution in [0.3, 0.4) is 0 Å². The monoisotopic (exact) mass is 407 g/mol. The fraction of sp³-hybridized carbons (Fsp3) is 0.333. The fourth-order valence-corrected chi connectivity index (χ4v) is 3.58. The SMILES string of the molecule is CCOc1ccc(C=CC(=O)Nc2cccc(CN3CCC(C(N)=O)CC3)c2)cc1. The second kappa shape index (κ2) is 10.6. The van der Waals surface area contributed by atoms with E-state index in [-0.39, 0.29) is 17.7 Å². The molecule has 1 fully saturated rings. The van der Waals surface area contributed by atoms with Gasteiger partial charge in [0.1, 0.15) is 5.75 Å². The number of hydrogen-bond acceptors (Lipinski definition) is 4. The van der Waals surface area contributed by atoms with Crippen molar-refractivity contribution in [2.45, 2.75) is 26.3 Å². The lowest BCUT2D eigenvalue weighted by molar-refractivity contribution is -0.123. The van der Waals surface area contributed by atoms with Crippen LogP contribution in [0.1, 0.15) is 30.9 Å². The van der Waals surface area contributed by atoms with E-state index in [0.29, 0.717) is 6.61 Å². The molecule has 30 heavy (non-hydrogen) atoms. The van der Waals surface area contributed by atoms with Crippen molar-refractivity contribution in [3.8, 4) is 5.75 Å². The summed E-state index contributed by atoms with van der Waals surface area (Å²) in [5.74, 6) is 0.435. The van der Waals surface area contributed by atoms with Gasteiger partial charge >= 0.3 is 0 Å². The van der Waals surface area contributed by atoms with E-state index < -0.39 is 0 Å². The number of benzene rings is 2. The number of anilines is 1. The van der Waals surface area contributed by atoms with E-state index in [9.17, 15) is 9.59 Å². The minimum absolute atomic E-state index is 0.00552. The summed E-state index contributed by atoms with van der Waals surface area (Å²) in [6.45, 7) is 5.07. The number of carbonyl (C=O) groups excluding carboxylic acids is 2. The molecule has 2 amide bonds. The Morgan fingerprint density at radius 1 is 1.17 bits per heavy atom. The van der Waals surface area contributed by atoms with Gasteiger partial charge in [0.2, 0.25) is 11.8 Å². The number of nitrogens with two attached hydrogens (primary N) is 1. The molecule has 3 rings (SSSR count). The number of nitrogens with one attached hydrogen (secondary N) is 1. The van der Waals surface area contributed by atoms with Crippen LogP contribution in [0.5, 0.6) is 5.75 Å². The number of nitrogens with zero attached hydrogens (tertiary/aromatic N) is 1. The van der Waals surface area contributed by atoms with E-state index >= 15 is 0 Å². The van der Waals surface area contributed by atoms with Crippen molar-refractivity contribution in [3.63, 3.8) is 0 Å². The van der Waals surface area contributed by atoms with E-state index in [1.165, 1.54) is 6.08 Å². The third-order valence-corrected chi connectivity index (χ3v) is 5.21. The van der Waals surface area contributed by atoms with Gasteiger partial charge in [0.25, 0.3) is 0 Å². The van der Waals surface area contributed by atoms with Gasteiger partial charge in [0.05, 0.1) is 6.61 Å². The number of rotatable bonds is 8. The molecular formula is C24H29N3O3. The molecule has 0 aliphatic carbocycles. The summed E-state index contributed by atoms with van der Waals surface area (Å²) in [5.41, 5.74) is 8.23. The van der Waals surface area contributed by atoms with Gasteiger partial charge < -0.3 is 15.8 Å². The Balaban J connectivity index is 1.52. The molecule has 158 valence electrons. The zero-order valence-electron chi connectivity index (χ0n) is 17.3. The number of hydrogen-bond donors (Lipinski definition) is 2. The van der Waals surface area contributed by atoms with E-state index in [1.807, 2.05) is 55.5 Å². The van der Waals surface area contributed by atoms with Gasteiger partial charge in [0, 0.05) is 24.2 Å². The van der Waals surface area contributed by atoms with Crippen molar-refractivity contribution in [2.24, 2.45) is 11.7 Å². The summed E-state index contributed by atoms with van der Waals surface area (Å²) in [4.78, 5) is 25.9. The van der Waals surface area contributed by atoms with Gasteiger partial charge in [-0.1, -0.05) is 24.3 Å². The second-order valence-corrected chi connectivity index (χ2v) is 7.48. The highest BCUT2D eigenvalue weighted by Gasteiger charge is 2.22. The standard InChI is InChI=1S/C24H29N3O3/c1-2-30-22-9-6-18(7-10-22)8-11-23(28)26-21-5-3-4-19(16-21)17-27-14-12-20(13-15-27)24(25)29/h3-11,16,20H,2,12-15,17H2,1H3,(H2,25,29)(H,26,28). The topological polar surface area (TPSA) is 84.7 Å². The number of primary amides is 1. The van der Waals surface area contributed by atoms with Crippen molar-refractivity contribution in [1.82, 2.24) is 4.90 Å². The molecule has 0 bridgehead atoms. The smallest absolute Gasteiger partial charge is 0.248 e. The lowest BCUT2D eigenvalue weighted by Crippen LogP contribution is -2.38. The number of likely N-dealkylation sites (tertiary alicyclic amines) is 1. The number of carbonyl (C=O) groups is 2. The average Bonchev–Trinajstić information content (AvgIpc) is 2.74. The van der Waals surface area contributed by atoms with E-state index in [0.717, 1.165) is 55.0 Å². The van der Waals surface area contributed by atoms with Crippen molar-refractivity contribution in [3.05, 3.63) is 65.7 Å². The molecule has 1 saturated heterocycles. The van der Waals surface area contributed by atoms with Gasteiger partial charge in [0.15, 0.2) is 0 Å². The molecule has 0 unspecified atom stereocenters. The number of piperidine rings is 1. The fourth-order valence-electron chi connectivity index (χ4n) is 3.58. The van der Waals surface area contributed by atoms with Crippen LogP contribution in [0.25, 0.3) is 6.08 Å². The Hall–Kier alpha value is -3.12. The third-order valence-electron chi connectivity index (χ3n) is 5.21. The first-order valence-corrected chi connectivity index (χ1v) is 10.4. The predicted molar refractivity (Wildman–Crippen MR) is 119 cm³/mol. The molecule has 1 aliphatic rings. The van der Waals surface area contributed by atoms with Crippen molar-refractivity contribution < 1.29 is 14.3 Å². The quantitative estimate of drug-likeness (QED) is 0.657. The summed E-state index contributed by atoms with van der Waals surface area (Å²) in [6.07, 6.45) is 4.92. The van der Waals surface area contributed by atoms with Gasteiger partial charge in [-0.25, -0.2) is 0 Å². The zero-order chi connectivity index (χ0) is 21.3. The van der Waals surface area contributed by atoms with E-state index in [1.54, 1.807) is 6.08 Å². The first kappa shape index (κ1) is 21.6. The number of amides is 2. The molecule has 0 atom stereocenters. The molecule has 6 heteroatoms. The van der Waals surface area contributed by atoms with Crippen LogP contribution in [0.15, 0.2) is 54.6 Å². The molecule has 2 aromatic rings. The largest absolute Gasteiger partial charge is 0.494 e. The highest BCUT2D eigenvalue weighted by Crippen LogP contribution is 2.20. The van der Waals surface area contributed by atoms with Gasteiger partial charge in [-0.2, -0.15) is 0 Å². The first-order chi connectivity index (χ1) is 14.5. The minimum Gasteiger partial charge on any atom is -0.494 e. The van der Waals surface area contributed by atoms with Crippen molar-refractivity contribution in [2.75, 3.05) is 25.0 Å². The highest BCUT2D eigenvalue weighted by atomic mass is 16.5. The Kier molecular flexibility index (Phi) is 7.63. The van der Waals surface area contributed by atoms with E-state index in [2.05, 4.69) is 10.2 Å². The van der Waals surface area contributed by atoms with Crippen LogP contribution >= 0.6 is 0 Å².